The van der Waals surface area contributed by atoms with Crippen molar-refractivity contribution in [3.05, 3.63) is 90.0 Å². The molecule has 1 saturated heterocycles. The second kappa shape index (κ2) is 9.90. The first-order valence-electron chi connectivity index (χ1n) is 12.2. The summed E-state index contributed by atoms with van der Waals surface area (Å²) < 4.78 is 22.1. The highest BCUT2D eigenvalue weighted by molar-refractivity contribution is 5.96. The van der Waals surface area contributed by atoms with E-state index >= 15 is 0 Å². The lowest BCUT2D eigenvalue weighted by Crippen LogP contribution is -2.24. The van der Waals surface area contributed by atoms with E-state index in [-0.39, 0.29) is 17.6 Å². The van der Waals surface area contributed by atoms with Gasteiger partial charge in [0.15, 0.2) is 0 Å². The van der Waals surface area contributed by atoms with Crippen molar-refractivity contribution in [2.75, 3.05) is 18.1 Å². The van der Waals surface area contributed by atoms with E-state index < -0.39 is 0 Å². The molecule has 0 aliphatic carbocycles. The topological polar surface area (TPSA) is 47.4 Å². The molecule has 6 heteroatoms. The summed E-state index contributed by atoms with van der Waals surface area (Å²) in [5.74, 6) is 1.83. The molecule has 1 aliphatic heterocycles. The van der Waals surface area contributed by atoms with Gasteiger partial charge < -0.3 is 14.2 Å². The van der Waals surface area contributed by atoms with Gasteiger partial charge in [0.25, 0.3) is 0 Å². The summed E-state index contributed by atoms with van der Waals surface area (Å²) in [5, 5.41) is 0. The maximum Gasteiger partial charge on any atom is 0.227 e. The van der Waals surface area contributed by atoms with Crippen molar-refractivity contribution < 1.29 is 13.9 Å². The zero-order valence-electron chi connectivity index (χ0n) is 20.2. The van der Waals surface area contributed by atoms with E-state index in [0.717, 1.165) is 35.6 Å². The maximum absolute atomic E-state index is 13.8. The third kappa shape index (κ3) is 4.78. The van der Waals surface area contributed by atoms with Crippen LogP contribution in [-0.4, -0.2) is 28.6 Å². The zero-order chi connectivity index (χ0) is 24.4. The third-order valence-corrected chi connectivity index (χ3v) is 6.62. The number of aryl methyl sites for hydroxylation is 1. The minimum Gasteiger partial charge on any atom is -0.493 e. The number of para-hydroxylation sites is 3. The van der Waals surface area contributed by atoms with Crippen molar-refractivity contribution in [2.45, 2.75) is 45.1 Å². The quantitative estimate of drug-likeness (QED) is 0.284. The molecule has 0 bridgehead atoms. The van der Waals surface area contributed by atoms with E-state index in [2.05, 4.69) is 30.5 Å². The van der Waals surface area contributed by atoms with Crippen molar-refractivity contribution in [2.24, 2.45) is 0 Å². The average molecular weight is 472 g/mol. The van der Waals surface area contributed by atoms with Crippen LogP contribution < -0.4 is 9.64 Å². The van der Waals surface area contributed by atoms with Gasteiger partial charge in [-0.05, 0) is 54.3 Å². The Bertz CT molecular complexity index is 1350. The fraction of sp³-hybridized carbons (Fsp3) is 0.310. The smallest absolute Gasteiger partial charge is 0.227 e. The monoisotopic (exact) mass is 471 g/mol. The Morgan fingerprint density at radius 2 is 1.86 bits per heavy atom. The summed E-state index contributed by atoms with van der Waals surface area (Å²) in [7, 11) is 0. The molecule has 0 radical (unpaired) electrons. The number of benzene rings is 3. The van der Waals surface area contributed by atoms with Crippen molar-refractivity contribution in [3.63, 3.8) is 0 Å². The first-order valence-corrected chi connectivity index (χ1v) is 12.2. The molecule has 0 saturated carbocycles. The lowest BCUT2D eigenvalue weighted by atomic mass is 10.0. The third-order valence-electron chi connectivity index (χ3n) is 6.62. The van der Waals surface area contributed by atoms with Crippen LogP contribution >= 0.6 is 0 Å². The molecule has 1 aliphatic rings. The van der Waals surface area contributed by atoms with Crippen molar-refractivity contribution in [3.8, 4) is 5.75 Å². The van der Waals surface area contributed by atoms with Crippen LogP contribution in [0.1, 0.15) is 49.9 Å². The Labute approximate surface area is 205 Å². The van der Waals surface area contributed by atoms with Gasteiger partial charge in [0.1, 0.15) is 17.4 Å². The number of hydrogen-bond acceptors (Lipinski definition) is 3. The van der Waals surface area contributed by atoms with E-state index in [0.29, 0.717) is 31.2 Å². The Morgan fingerprint density at radius 3 is 2.69 bits per heavy atom. The zero-order valence-corrected chi connectivity index (χ0v) is 20.2. The van der Waals surface area contributed by atoms with Crippen molar-refractivity contribution in [1.82, 2.24) is 9.55 Å². The highest BCUT2D eigenvalue weighted by Crippen LogP contribution is 2.33. The second-order valence-electron chi connectivity index (χ2n) is 9.39. The van der Waals surface area contributed by atoms with Gasteiger partial charge in [-0.3, -0.25) is 4.79 Å². The first-order chi connectivity index (χ1) is 17.0. The molecule has 1 fully saturated rings. The molecule has 180 valence electrons. The molecule has 3 aromatic carbocycles. The Morgan fingerprint density at radius 1 is 1.06 bits per heavy atom. The molecule has 0 spiro atoms. The largest absolute Gasteiger partial charge is 0.493 e. The number of hydrogen-bond donors (Lipinski definition) is 0. The number of ether oxygens (including phenoxy) is 1. The predicted octanol–water partition coefficient (Wildman–Crippen LogP) is 6.29. The van der Waals surface area contributed by atoms with Gasteiger partial charge in [0.05, 0.1) is 17.6 Å². The highest BCUT2D eigenvalue weighted by Gasteiger charge is 2.35. The van der Waals surface area contributed by atoms with Gasteiger partial charge in [-0.2, -0.15) is 0 Å². The van der Waals surface area contributed by atoms with Gasteiger partial charge in [0, 0.05) is 31.1 Å². The number of amides is 1. The molecule has 35 heavy (non-hydrogen) atoms. The Balaban J connectivity index is 1.34. The van der Waals surface area contributed by atoms with Crippen molar-refractivity contribution in [1.29, 1.82) is 0 Å². The van der Waals surface area contributed by atoms with Crippen LogP contribution in [0.3, 0.4) is 0 Å². The molecule has 1 atom stereocenters. The molecule has 1 unspecified atom stereocenters. The summed E-state index contributed by atoms with van der Waals surface area (Å²) >= 11 is 0. The number of carbonyl (C=O) groups is 1. The van der Waals surface area contributed by atoms with Crippen molar-refractivity contribution >= 4 is 22.6 Å². The van der Waals surface area contributed by atoms with E-state index in [1.54, 1.807) is 17.0 Å². The summed E-state index contributed by atoms with van der Waals surface area (Å²) in [4.78, 5) is 19.4. The van der Waals surface area contributed by atoms with Crippen LogP contribution in [0.15, 0.2) is 72.8 Å². The van der Waals surface area contributed by atoms with Crippen LogP contribution in [0.5, 0.6) is 5.75 Å². The summed E-state index contributed by atoms with van der Waals surface area (Å²) in [5.41, 5.74) is 3.78. The molecule has 4 aromatic rings. The lowest BCUT2D eigenvalue weighted by molar-refractivity contribution is -0.117. The molecule has 1 aromatic heterocycles. The minimum absolute atomic E-state index is 0.00664. The van der Waals surface area contributed by atoms with Gasteiger partial charge in [-0.1, -0.05) is 50.2 Å². The Hall–Kier alpha value is -3.67. The molecule has 0 N–H and O–H groups in total. The van der Waals surface area contributed by atoms with Crippen LogP contribution in [0.2, 0.25) is 0 Å². The van der Waals surface area contributed by atoms with E-state index in [9.17, 15) is 9.18 Å². The van der Waals surface area contributed by atoms with Gasteiger partial charge in [-0.25, -0.2) is 9.37 Å². The molecule has 1 amide bonds. The highest BCUT2D eigenvalue weighted by atomic mass is 19.1. The first kappa shape index (κ1) is 23.1. The lowest BCUT2D eigenvalue weighted by Gasteiger charge is -2.18. The Kier molecular flexibility index (Phi) is 6.53. The number of nitrogens with zero attached hydrogens (tertiary/aromatic N) is 3. The number of fused-ring (bicyclic) bond motifs is 1. The summed E-state index contributed by atoms with van der Waals surface area (Å²) in [6.07, 6.45) is 1.17. The second-order valence-corrected chi connectivity index (χ2v) is 9.39. The molecular formula is C29H30FN3O2. The van der Waals surface area contributed by atoms with Crippen LogP contribution in [0.25, 0.3) is 11.0 Å². The molecular weight excluding hydrogens is 441 g/mol. The van der Waals surface area contributed by atoms with Gasteiger partial charge in [0.2, 0.25) is 5.91 Å². The predicted molar refractivity (Wildman–Crippen MR) is 136 cm³/mol. The number of imidazole rings is 1. The number of anilines is 1. The van der Waals surface area contributed by atoms with Gasteiger partial charge in [-0.15, -0.1) is 0 Å². The van der Waals surface area contributed by atoms with Crippen LogP contribution in [-0.2, 0) is 11.3 Å². The van der Waals surface area contributed by atoms with Crippen LogP contribution in [0, 0.1) is 5.82 Å². The number of halogens is 1. The number of aromatic nitrogens is 2. The normalized spacial score (nSPS) is 15.9. The molecule has 2 heterocycles. The SMILES string of the molecule is CC(C)c1ccccc1OCCCn1c(C2CC(=O)N(c3cccc(F)c3)C2)nc2ccccc21. The maximum atomic E-state index is 13.8. The minimum atomic E-state index is -0.343. The van der Waals surface area contributed by atoms with E-state index in [1.807, 2.05) is 36.4 Å². The van der Waals surface area contributed by atoms with E-state index in [1.165, 1.54) is 17.7 Å². The summed E-state index contributed by atoms with van der Waals surface area (Å²) in [6, 6.07) is 22.5. The molecule has 5 rings (SSSR count). The number of rotatable bonds is 8. The fourth-order valence-corrected chi connectivity index (χ4v) is 4.91. The summed E-state index contributed by atoms with van der Waals surface area (Å²) in [6.45, 7) is 6.16. The van der Waals surface area contributed by atoms with Crippen LogP contribution in [0.4, 0.5) is 10.1 Å². The fourth-order valence-electron chi connectivity index (χ4n) is 4.91. The average Bonchev–Trinajstić information content (AvgIpc) is 3.42. The number of carbonyl (C=O) groups excluding carboxylic acids is 1. The molecule has 5 nitrogen and oxygen atoms in total. The van der Waals surface area contributed by atoms with Gasteiger partial charge >= 0.3 is 0 Å². The standard InChI is InChI=1S/C29H30FN3O2/c1-20(2)24-11-3-6-14-27(24)35-16-8-15-32-26-13-5-4-12-25(26)31-29(32)21-17-28(34)33(19-21)23-10-7-9-22(30)18-23/h3-7,9-14,18,20-21H,8,15-17,19H2,1-2H3. The van der Waals surface area contributed by atoms with E-state index in [4.69, 9.17) is 9.72 Å².